The SMILES string of the molecule is CCC(CC)(CN)C(=O)N1CCC(N(C)c2ccc(C)nn2)CC1.Cl.Cl. The third-order valence-electron chi connectivity index (χ3n) is 5.64. The predicted octanol–water partition coefficient (Wildman–Crippen LogP) is 2.82. The number of aromatic nitrogens is 2. The Bertz CT molecular complexity index is 535. The highest BCUT2D eigenvalue weighted by Crippen LogP contribution is 2.30. The van der Waals surface area contributed by atoms with Gasteiger partial charge in [0.2, 0.25) is 5.91 Å². The molecule has 0 bridgehead atoms. The average Bonchev–Trinajstić information content (AvgIpc) is 2.63. The number of nitrogens with two attached hydrogens (primary N) is 1. The Balaban J connectivity index is 0.00000312. The summed E-state index contributed by atoms with van der Waals surface area (Å²) in [6.07, 6.45) is 3.51. The van der Waals surface area contributed by atoms with Crippen LogP contribution >= 0.6 is 24.8 Å². The van der Waals surface area contributed by atoms with Crippen molar-refractivity contribution in [2.75, 3.05) is 31.6 Å². The molecule has 0 aliphatic carbocycles. The molecule has 2 N–H and O–H groups in total. The molecule has 2 rings (SSSR count). The van der Waals surface area contributed by atoms with Gasteiger partial charge in [0.15, 0.2) is 5.82 Å². The molecule has 0 atom stereocenters. The fraction of sp³-hybridized carbons (Fsp3) is 0.722. The van der Waals surface area contributed by atoms with Crippen LogP contribution in [0.25, 0.3) is 0 Å². The van der Waals surface area contributed by atoms with Crippen LogP contribution in [0.4, 0.5) is 5.82 Å². The van der Waals surface area contributed by atoms with Gasteiger partial charge in [0.25, 0.3) is 0 Å². The lowest BCUT2D eigenvalue weighted by Gasteiger charge is -2.41. The highest BCUT2D eigenvalue weighted by molar-refractivity contribution is 5.85. The summed E-state index contributed by atoms with van der Waals surface area (Å²) in [6, 6.07) is 4.38. The number of nitrogens with zero attached hydrogens (tertiary/aromatic N) is 4. The predicted molar refractivity (Wildman–Crippen MR) is 111 cm³/mol. The zero-order valence-corrected chi connectivity index (χ0v) is 17.9. The number of aryl methyl sites for hydroxylation is 1. The van der Waals surface area contributed by atoms with Crippen LogP contribution in [-0.2, 0) is 4.79 Å². The fourth-order valence-corrected chi connectivity index (χ4v) is 3.49. The Labute approximate surface area is 169 Å². The van der Waals surface area contributed by atoms with Crippen LogP contribution in [0.15, 0.2) is 12.1 Å². The van der Waals surface area contributed by atoms with E-state index in [1.807, 2.05) is 24.0 Å². The Morgan fingerprint density at radius 3 is 2.23 bits per heavy atom. The van der Waals surface area contributed by atoms with Gasteiger partial charge in [-0.05, 0) is 44.7 Å². The van der Waals surface area contributed by atoms with E-state index >= 15 is 0 Å². The molecular weight excluding hydrogens is 373 g/mol. The average molecular weight is 406 g/mol. The van der Waals surface area contributed by atoms with E-state index in [1.54, 1.807) is 0 Å². The van der Waals surface area contributed by atoms with Crippen molar-refractivity contribution in [3.05, 3.63) is 17.8 Å². The maximum atomic E-state index is 12.9. The summed E-state index contributed by atoms with van der Waals surface area (Å²) in [5, 5.41) is 8.40. The second kappa shape index (κ2) is 10.9. The summed E-state index contributed by atoms with van der Waals surface area (Å²) >= 11 is 0. The number of carbonyl (C=O) groups excluding carboxylic acids is 1. The van der Waals surface area contributed by atoms with E-state index in [2.05, 4.69) is 36.0 Å². The standard InChI is InChI=1S/C18H31N5O.2ClH/c1-5-18(6-2,13-19)17(24)23-11-9-15(10-12-23)22(4)16-8-7-14(3)20-21-16;;/h7-8,15H,5-6,9-13,19H2,1-4H3;2*1H. The van der Waals surface area contributed by atoms with Crippen molar-refractivity contribution in [2.24, 2.45) is 11.1 Å². The summed E-state index contributed by atoms with van der Waals surface area (Å²) in [5.74, 6) is 1.12. The van der Waals surface area contributed by atoms with Crippen molar-refractivity contribution < 1.29 is 4.79 Å². The minimum Gasteiger partial charge on any atom is -0.355 e. The second-order valence-corrected chi connectivity index (χ2v) is 6.86. The molecule has 1 aliphatic heterocycles. The van der Waals surface area contributed by atoms with Gasteiger partial charge < -0.3 is 15.5 Å². The Kier molecular flexibility index (Phi) is 10.4. The monoisotopic (exact) mass is 405 g/mol. The third kappa shape index (κ3) is 5.21. The van der Waals surface area contributed by atoms with Crippen molar-refractivity contribution in [3.8, 4) is 0 Å². The van der Waals surface area contributed by atoms with Crippen LogP contribution in [0.3, 0.4) is 0 Å². The largest absolute Gasteiger partial charge is 0.355 e. The Hall–Kier alpha value is -1.11. The van der Waals surface area contributed by atoms with E-state index in [0.717, 1.165) is 50.3 Å². The summed E-state index contributed by atoms with van der Waals surface area (Å²) in [6.45, 7) is 8.06. The Morgan fingerprint density at radius 2 is 1.81 bits per heavy atom. The first-order chi connectivity index (χ1) is 11.5. The van der Waals surface area contributed by atoms with Gasteiger partial charge in [-0.1, -0.05) is 13.8 Å². The normalized spacial score (nSPS) is 15.0. The molecule has 1 aromatic rings. The van der Waals surface area contributed by atoms with E-state index in [0.29, 0.717) is 12.6 Å². The third-order valence-corrected chi connectivity index (χ3v) is 5.64. The first kappa shape index (κ1) is 24.9. The number of halogens is 2. The van der Waals surface area contributed by atoms with Crippen LogP contribution in [-0.4, -0.2) is 53.7 Å². The molecule has 0 aromatic carbocycles. The van der Waals surface area contributed by atoms with Crippen LogP contribution in [0.5, 0.6) is 0 Å². The molecule has 1 aromatic heterocycles. The molecule has 0 saturated carbocycles. The highest BCUT2D eigenvalue weighted by atomic mass is 35.5. The lowest BCUT2D eigenvalue weighted by molar-refractivity contribution is -0.143. The fourth-order valence-electron chi connectivity index (χ4n) is 3.49. The second-order valence-electron chi connectivity index (χ2n) is 6.86. The number of hydrogen-bond acceptors (Lipinski definition) is 5. The number of carbonyl (C=O) groups is 1. The summed E-state index contributed by atoms with van der Waals surface area (Å²) in [7, 11) is 2.06. The Morgan fingerprint density at radius 1 is 1.23 bits per heavy atom. The molecule has 0 unspecified atom stereocenters. The van der Waals surface area contributed by atoms with Crippen LogP contribution in [0.2, 0.25) is 0 Å². The number of likely N-dealkylation sites (tertiary alicyclic amines) is 1. The minimum atomic E-state index is -0.388. The van der Waals surface area contributed by atoms with Gasteiger partial charge in [-0.3, -0.25) is 4.79 Å². The van der Waals surface area contributed by atoms with Crippen LogP contribution in [0, 0.1) is 12.3 Å². The van der Waals surface area contributed by atoms with Crippen molar-refractivity contribution in [2.45, 2.75) is 52.5 Å². The molecule has 26 heavy (non-hydrogen) atoms. The van der Waals surface area contributed by atoms with Gasteiger partial charge in [-0.2, -0.15) is 5.10 Å². The lowest BCUT2D eigenvalue weighted by atomic mass is 9.80. The lowest BCUT2D eigenvalue weighted by Crippen LogP contribution is -2.52. The summed E-state index contributed by atoms with van der Waals surface area (Å²) in [4.78, 5) is 17.1. The molecule has 6 nitrogen and oxygen atoms in total. The van der Waals surface area contributed by atoms with E-state index in [4.69, 9.17) is 5.73 Å². The topological polar surface area (TPSA) is 75.4 Å². The maximum absolute atomic E-state index is 12.9. The molecule has 150 valence electrons. The number of hydrogen-bond donors (Lipinski definition) is 1. The van der Waals surface area contributed by atoms with Gasteiger partial charge in [0.1, 0.15) is 0 Å². The molecule has 8 heteroatoms. The summed E-state index contributed by atoms with van der Waals surface area (Å²) in [5.41, 5.74) is 6.46. The van der Waals surface area contributed by atoms with Gasteiger partial charge >= 0.3 is 0 Å². The van der Waals surface area contributed by atoms with E-state index in [-0.39, 0.29) is 36.1 Å². The number of piperidine rings is 1. The smallest absolute Gasteiger partial charge is 0.230 e. The number of anilines is 1. The quantitative estimate of drug-likeness (QED) is 0.786. The van der Waals surface area contributed by atoms with Gasteiger partial charge in [-0.25, -0.2) is 0 Å². The first-order valence-electron chi connectivity index (χ1n) is 9.00. The van der Waals surface area contributed by atoms with Crippen molar-refractivity contribution in [3.63, 3.8) is 0 Å². The molecule has 0 radical (unpaired) electrons. The van der Waals surface area contributed by atoms with Gasteiger partial charge in [-0.15, -0.1) is 29.9 Å². The summed E-state index contributed by atoms with van der Waals surface area (Å²) < 4.78 is 0. The first-order valence-corrected chi connectivity index (χ1v) is 9.00. The maximum Gasteiger partial charge on any atom is 0.230 e. The number of amides is 1. The molecule has 2 heterocycles. The highest BCUT2D eigenvalue weighted by Gasteiger charge is 2.38. The van der Waals surface area contributed by atoms with Gasteiger partial charge in [0, 0.05) is 32.7 Å². The minimum absolute atomic E-state index is 0. The zero-order chi connectivity index (χ0) is 17.7. The van der Waals surface area contributed by atoms with Crippen LogP contribution < -0.4 is 10.6 Å². The van der Waals surface area contributed by atoms with E-state index < -0.39 is 0 Å². The molecular formula is C18H33Cl2N5O. The van der Waals surface area contributed by atoms with E-state index in [1.165, 1.54) is 0 Å². The van der Waals surface area contributed by atoms with Gasteiger partial charge in [0.05, 0.1) is 11.1 Å². The molecule has 1 saturated heterocycles. The molecule has 1 aliphatic rings. The van der Waals surface area contributed by atoms with E-state index in [9.17, 15) is 4.79 Å². The molecule has 1 fully saturated rings. The molecule has 1 amide bonds. The van der Waals surface area contributed by atoms with Crippen LogP contribution in [0.1, 0.15) is 45.2 Å². The van der Waals surface area contributed by atoms with Crippen molar-refractivity contribution in [1.82, 2.24) is 15.1 Å². The zero-order valence-electron chi connectivity index (χ0n) is 16.3. The number of rotatable bonds is 6. The molecule has 0 spiro atoms. The van der Waals surface area contributed by atoms with Crippen molar-refractivity contribution in [1.29, 1.82) is 0 Å². The van der Waals surface area contributed by atoms with Crippen molar-refractivity contribution >= 4 is 36.5 Å².